The highest BCUT2D eigenvalue weighted by Crippen LogP contribution is 2.39. The largest absolute Gasteiger partial charge is 0.504 e. The van der Waals surface area contributed by atoms with Crippen LogP contribution in [-0.2, 0) is 16.0 Å². The smallest absolute Gasteiger partial charge is 0.328 e. The summed E-state index contributed by atoms with van der Waals surface area (Å²) >= 11 is 0. The summed E-state index contributed by atoms with van der Waals surface area (Å²) in [7, 11) is 3.12. The summed E-state index contributed by atoms with van der Waals surface area (Å²) in [5.74, 6) is -0.633. The number of carbonyl (C=O) groups is 1. The number of carboxylic acids is 1. The summed E-state index contributed by atoms with van der Waals surface area (Å²) in [5, 5.41) is 20.8. The van der Waals surface area contributed by atoms with E-state index in [0.717, 1.165) is 29.9 Å². The van der Waals surface area contributed by atoms with Gasteiger partial charge in [-0.3, -0.25) is 0 Å². The maximum Gasteiger partial charge on any atom is 0.328 e. The van der Waals surface area contributed by atoms with Gasteiger partial charge in [0.15, 0.2) is 11.5 Å². The molecule has 2 N–H and O–H groups in total. The summed E-state index contributed by atoms with van der Waals surface area (Å²) in [6, 6.07) is 7.34. The lowest BCUT2D eigenvalue weighted by Gasteiger charge is -2.14. The Kier molecular flexibility index (Phi) is 5.60. The lowest BCUT2D eigenvalue weighted by Crippen LogP contribution is -1.96. The number of phenolic OH excluding ortho intramolecular Hbond substituents is 1. The van der Waals surface area contributed by atoms with Gasteiger partial charge < -0.3 is 19.7 Å². The molecule has 0 atom stereocenters. The van der Waals surface area contributed by atoms with E-state index >= 15 is 0 Å². The van der Waals surface area contributed by atoms with Gasteiger partial charge >= 0.3 is 5.97 Å². The molecular formula is C18H20O5. The molecule has 122 valence electrons. The Morgan fingerprint density at radius 3 is 2.74 bits per heavy atom. The number of benzene rings is 2. The molecule has 0 saturated carbocycles. The fraction of sp³-hybridized carbons (Fsp3) is 0.278. The minimum Gasteiger partial charge on any atom is -0.504 e. The molecule has 2 aromatic carbocycles. The third-order valence-corrected chi connectivity index (χ3v) is 3.64. The van der Waals surface area contributed by atoms with E-state index in [1.807, 2.05) is 18.2 Å². The van der Waals surface area contributed by atoms with Gasteiger partial charge in [-0.15, -0.1) is 0 Å². The van der Waals surface area contributed by atoms with Gasteiger partial charge in [-0.25, -0.2) is 4.79 Å². The van der Waals surface area contributed by atoms with Crippen LogP contribution in [0.4, 0.5) is 0 Å². The minimum absolute atomic E-state index is 0.0722. The van der Waals surface area contributed by atoms with Crippen LogP contribution in [0.3, 0.4) is 0 Å². The number of hydrogen-bond acceptors (Lipinski definition) is 4. The number of ether oxygens (including phenoxy) is 2. The fourth-order valence-electron chi connectivity index (χ4n) is 2.60. The van der Waals surface area contributed by atoms with E-state index in [0.29, 0.717) is 23.3 Å². The summed E-state index contributed by atoms with van der Waals surface area (Å²) in [6.45, 7) is 0.632. The number of carboxylic acid groups (broad SMARTS) is 1. The van der Waals surface area contributed by atoms with Crippen molar-refractivity contribution in [2.75, 3.05) is 20.8 Å². The normalized spacial score (nSPS) is 11.2. The van der Waals surface area contributed by atoms with Crippen molar-refractivity contribution in [2.45, 2.75) is 12.8 Å². The fourth-order valence-corrected chi connectivity index (χ4v) is 2.60. The first-order valence-corrected chi connectivity index (χ1v) is 7.30. The van der Waals surface area contributed by atoms with Crippen LogP contribution in [-0.4, -0.2) is 37.0 Å². The predicted octanol–water partition coefficient (Wildman–Crippen LogP) is 3.23. The summed E-state index contributed by atoms with van der Waals surface area (Å²) in [6.07, 6.45) is 4.15. The van der Waals surface area contributed by atoms with E-state index in [2.05, 4.69) is 0 Å². The van der Waals surface area contributed by atoms with Crippen LogP contribution in [0.2, 0.25) is 0 Å². The first-order valence-electron chi connectivity index (χ1n) is 7.30. The molecule has 0 unspecified atom stereocenters. The minimum atomic E-state index is -1.03. The summed E-state index contributed by atoms with van der Waals surface area (Å²) in [4.78, 5) is 10.8. The van der Waals surface area contributed by atoms with E-state index in [1.54, 1.807) is 13.2 Å². The first kappa shape index (κ1) is 16.8. The van der Waals surface area contributed by atoms with Gasteiger partial charge in [-0.2, -0.15) is 0 Å². The molecule has 5 nitrogen and oxygen atoms in total. The van der Waals surface area contributed by atoms with Crippen LogP contribution >= 0.6 is 0 Å². The number of phenols is 1. The number of rotatable bonds is 7. The van der Waals surface area contributed by atoms with Crippen molar-refractivity contribution in [3.05, 3.63) is 41.5 Å². The van der Waals surface area contributed by atoms with Crippen LogP contribution < -0.4 is 4.74 Å². The second-order valence-electron chi connectivity index (χ2n) is 5.12. The van der Waals surface area contributed by atoms with Crippen LogP contribution in [0.15, 0.2) is 30.3 Å². The quantitative estimate of drug-likeness (QED) is 0.606. The van der Waals surface area contributed by atoms with Gasteiger partial charge in [0.1, 0.15) is 0 Å². The van der Waals surface area contributed by atoms with Gasteiger partial charge in [0.2, 0.25) is 0 Å². The lowest BCUT2D eigenvalue weighted by molar-refractivity contribution is -0.131. The van der Waals surface area contributed by atoms with Crippen molar-refractivity contribution in [1.82, 2.24) is 0 Å². The monoisotopic (exact) mass is 316 g/mol. The molecule has 2 aromatic rings. The van der Waals surface area contributed by atoms with Crippen LogP contribution in [0, 0.1) is 0 Å². The van der Waals surface area contributed by atoms with Gasteiger partial charge in [-0.05, 0) is 41.5 Å². The molecule has 23 heavy (non-hydrogen) atoms. The molecule has 0 aliphatic rings. The van der Waals surface area contributed by atoms with Gasteiger partial charge in [0.05, 0.1) is 7.11 Å². The average Bonchev–Trinajstić information content (AvgIpc) is 2.54. The highest BCUT2D eigenvalue weighted by atomic mass is 16.5. The number of aromatic hydroxyl groups is 1. The zero-order valence-corrected chi connectivity index (χ0v) is 13.2. The van der Waals surface area contributed by atoms with Crippen LogP contribution in [0.25, 0.3) is 16.8 Å². The number of fused-ring (bicyclic) bond motifs is 1. The van der Waals surface area contributed by atoms with Crippen molar-refractivity contribution in [1.29, 1.82) is 0 Å². The first-order chi connectivity index (χ1) is 11.1. The molecule has 0 saturated heterocycles. The third kappa shape index (κ3) is 3.81. The predicted molar refractivity (Wildman–Crippen MR) is 89.0 cm³/mol. The molecule has 0 bridgehead atoms. The number of aliphatic carboxylic acids is 1. The molecule has 0 heterocycles. The molecule has 0 amide bonds. The maximum absolute atomic E-state index is 10.8. The second-order valence-corrected chi connectivity index (χ2v) is 5.12. The average molecular weight is 316 g/mol. The molecule has 0 fully saturated rings. The Hall–Kier alpha value is -2.53. The number of methoxy groups -OCH3 is 2. The molecule has 2 rings (SSSR count). The highest BCUT2D eigenvalue weighted by Gasteiger charge is 2.14. The van der Waals surface area contributed by atoms with Crippen molar-refractivity contribution in [3.8, 4) is 11.5 Å². The zero-order valence-electron chi connectivity index (χ0n) is 13.2. The van der Waals surface area contributed by atoms with E-state index in [9.17, 15) is 9.90 Å². The van der Waals surface area contributed by atoms with Crippen molar-refractivity contribution in [3.63, 3.8) is 0 Å². The molecule has 0 aliphatic heterocycles. The summed E-state index contributed by atoms with van der Waals surface area (Å²) in [5.41, 5.74) is 1.66. The Balaban J connectivity index is 2.62. The van der Waals surface area contributed by atoms with Crippen LogP contribution in [0.1, 0.15) is 17.5 Å². The van der Waals surface area contributed by atoms with Gasteiger partial charge in [0.25, 0.3) is 0 Å². The molecule has 0 spiro atoms. The van der Waals surface area contributed by atoms with Crippen molar-refractivity contribution < 1.29 is 24.5 Å². The molecule has 0 aliphatic carbocycles. The molecule has 5 heteroatoms. The Morgan fingerprint density at radius 1 is 1.30 bits per heavy atom. The third-order valence-electron chi connectivity index (χ3n) is 3.64. The van der Waals surface area contributed by atoms with E-state index < -0.39 is 5.97 Å². The second kappa shape index (κ2) is 7.65. The Bertz CT molecular complexity index is 734. The molecular weight excluding hydrogens is 296 g/mol. The molecule has 0 aromatic heterocycles. The standard InChI is InChI=1S/C18H20O5/c1-22-10-4-6-12-5-3-7-14-13(8-9-16(19)20)11-15(23-2)18(21)17(12)14/h3,5,7-9,11,21H,4,6,10H2,1-2H3,(H,19,20)/b9-8+. The Labute approximate surface area is 134 Å². The van der Waals surface area contributed by atoms with Crippen molar-refractivity contribution >= 4 is 22.8 Å². The maximum atomic E-state index is 10.8. The van der Waals surface area contributed by atoms with Crippen molar-refractivity contribution in [2.24, 2.45) is 0 Å². The van der Waals surface area contributed by atoms with Gasteiger partial charge in [-0.1, -0.05) is 18.2 Å². The summed E-state index contributed by atoms with van der Waals surface area (Å²) < 4.78 is 10.3. The number of aryl methyl sites for hydroxylation is 1. The Morgan fingerprint density at radius 2 is 2.09 bits per heavy atom. The van der Waals surface area contributed by atoms with Gasteiger partial charge in [0, 0.05) is 25.2 Å². The van der Waals surface area contributed by atoms with E-state index in [-0.39, 0.29) is 5.75 Å². The van der Waals surface area contributed by atoms with Crippen LogP contribution in [0.5, 0.6) is 11.5 Å². The van der Waals surface area contributed by atoms with E-state index in [1.165, 1.54) is 13.2 Å². The number of hydrogen-bond donors (Lipinski definition) is 2. The topological polar surface area (TPSA) is 76.0 Å². The molecule has 0 radical (unpaired) electrons. The lowest BCUT2D eigenvalue weighted by atomic mass is 9.96. The van der Waals surface area contributed by atoms with E-state index in [4.69, 9.17) is 14.6 Å². The highest BCUT2D eigenvalue weighted by molar-refractivity contribution is 6.00. The SMILES string of the molecule is COCCCc1cccc2c(/C=C/C(=O)O)cc(OC)c(O)c12. The zero-order chi connectivity index (χ0) is 16.8.